The Balaban J connectivity index is 1.41. The number of hydrogen-bond donors (Lipinski definition) is 1. The maximum atomic E-state index is 14.1. The number of carbonyl (C=O) groups is 1. The van der Waals surface area contributed by atoms with E-state index in [1.54, 1.807) is 12.3 Å². The molecular weight excluding hydrogens is 395 g/mol. The van der Waals surface area contributed by atoms with E-state index in [9.17, 15) is 9.18 Å². The predicted octanol–water partition coefficient (Wildman–Crippen LogP) is 4.65. The molecule has 1 N–H and O–H groups in total. The maximum absolute atomic E-state index is 14.1. The van der Waals surface area contributed by atoms with E-state index in [0.717, 1.165) is 37.5 Å². The number of amides is 1. The minimum atomic E-state index is -0.274. The van der Waals surface area contributed by atoms with Crippen molar-refractivity contribution in [1.29, 1.82) is 0 Å². The minimum Gasteiger partial charge on any atom is -0.467 e. The summed E-state index contributed by atoms with van der Waals surface area (Å²) in [5.74, 6) is 0.359. The number of carbonyl (C=O) groups excluding carboxylic acids is 1. The summed E-state index contributed by atoms with van der Waals surface area (Å²) < 4.78 is 19.1. The van der Waals surface area contributed by atoms with Crippen LogP contribution in [0.25, 0.3) is 10.9 Å². The predicted molar refractivity (Wildman–Crippen MR) is 117 cm³/mol. The van der Waals surface area contributed by atoms with Crippen LogP contribution in [0.2, 0.25) is 0 Å². The van der Waals surface area contributed by atoms with Crippen LogP contribution in [0.15, 0.2) is 42.9 Å². The Labute approximate surface area is 181 Å². The summed E-state index contributed by atoms with van der Waals surface area (Å²) in [4.78, 5) is 24.9. The van der Waals surface area contributed by atoms with E-state index in [1.807, 2.05) is 12.1 Å². The zero-order chi connectivity index (χ0) is 21.8. The topological polar surface area (TPSA) is 77.0 Å². The largest absolute Gasteiger partial charge is 0.467 e. The molecule has 2 heterocycles. The Kier molecular flexibility index (Phi) is 6.39. The van der Waals surface area contributed by atoms with Crippen LogP contribution in [0.4, 0.5) is 4.39 Å². The van der Waals surface area contributed by atoms with Gasteiger partial charge in [0.25, 0.3) is 5.91 Å². The van der Waals surface area contributed by atoms with Crippen molar-refractivity contribution in [2.24, 2.45) is 5.92 Å². The third kappa shape index (κ3) is 4.50. The molecule has 1 saturated carbocycles. The molecule has 0 saturated heterocycles. The number of para-hydroxylation sites is 1. The van der Waals surface area contributed by atoms with Crippen LogP contribution in [-0.2, 0) is 0 Å². The van der Waals surface area contributed by atoms with E-state index in [2.05, 4.69) is 27.2 Å². The fraction of sp³-hybridized carbons (Fsp3) is 0.417. The highest BCUT2D eigenvalue weighted by molar-refractivity contribution is 5.93. The number of ether oxygens (including phenoxy) is 1. The molecule has 1 aliphatic rings. The lowest BCUT2D eigenvalue weighted by Crippen LogP contribution is -2.41. The number of methoxy groups -OCH3 is 1. The lowest BCUT2D eigenvalue weighted by atomic mass is 9.75. The van der Waals surface area contributed by atoms with E-state index in [0.29, 0.717) is 22.9 Å². The van der Waals surface area contributed by atoms with E-state index in [-0.39, 0.29) is 23.8 Å². The number of nitrogens with one attached hydrogen (secondary N) is 1. The number of fused-ring (bicyclic) bond motifs is 1. The molecule has 0 radical (unpaired) electrons. The second kappa shape index (κ2) is 9.37. The summed E-state index contributed by atoms with van der Waals surface area (Å²) >= 11 is 0. The van der Waals surface area contributed by atoms with Gasteiger partial charge in [-0.05, 0) is 61.6 Å². The summed E-state index contributed by atoms with van der Waals surface area (Å²) in [6.45, 7) is 2.10. The van der Waals surface area contributed by atoms with Crippen LogP contribution < -0.4 is 10.1 Å². The average molecular weight is 423 g/mol. The van der Waals surface area contributed by atoms with Gasteiger partial charge in [0.2, 0.25) is 0 Å². The Hall–Kier alpha value is -3.09. The van der Waals surface area contributed by atoms with Gasteiger partial charge in [0, 0.05) is 30.0 Å². The van der Waals surface area contributed by atoms with Crippen LogP contribution in [0.5, 0.6) is 6.01 Å². The van der Waals surface area contributed by atoms with Gasteiger partial charge >= 0.3 is 6.01 Å². The molecule has 4 rings (SSSR count). The second-order valence-electron chi connectivity index (χ2n) is 8.09. The van der Waals surface area contributed by atoms with Crippen molar-refractivity contribution in [2.45, 2.75) is 51.0 Å². The molecule has 0 spiro atoms. The van der Waals surface area contributed by atoms with Gasteiger partial charge in [-0.15, -0.1) is 0 Å². The summed E-state index contributed by atoms with van der Waals surface area (Å²) in [6, 6.07) is 7.53. The molecule has 1 atom stereocenters. The van der Waals surface area contributed by atoms with E-state index in [1.165, 1.54) is 31.1 Å². The number of pyridine rings is 1. The normalized spacial score (nSPS) is 19.7. The van der Waals surface area contributed by atoms with Gasteiger partial charge in [-0.3, -0.25) is 9.78 Å². The molecule has 6 nitrogen and oxygen atoms in total. The first-order valence-electron chi connectivity index (χ1n) is 10.8. The molecule has 162 valence electrons. The van der Waals surface area contributed by atoms with Gasteiger partial charge in [0.1, 0.15) is 11.3 Å². The number of rotatable bonds is 6. The summed E-state index contributed by atoms with van der Waals surface area (Å²) in [5.41, 5.74) is 2.05. The molecule has 0 bridgehead atoms. The molecule has 7 heteroatoms. The SMILES string of the molecule is CC[C@@H](NC(=O)c1cnc(OC)nc1)[C@H]1CC[C@@H](c2ccnc3c(F)cccc32)CC1. The average Bonchev–Trinajstić information content (AvgIpc) is 2.82. The van der Waals surface area contributed by atoms with Gasteiger partial charge < -0.3 is 10.1 Å². The third-order valence-corrected chi connectivity index (χ3v) is 6.37. The van der Waals surface area contributed by atoms with E-state index in [4.69, 9.17) is 4.74 Å². The van der Waals surface area contributed by atoms with Crippen LogP contribution in [-0.4, -0.2) is 34.0 Å². The number of aromatic nitrogens is 3. The molecule has 3 aromatic rings. The number of benzene rings is 1. The van der Waals surface area contributed by atoms with Gasteiger partial charge in [0.05, 0.1) is 12.7 Å². The van der Waals surface area contributed by atoms with Gasteiger partial charge in [-0.25, -0.2) is 14.4 Å². The highest BCUT2D eigenvalue weighted by atomic mass is 19.1. The summed E-state index contributed by atoms with van der Waals surface area (Å²) in [5, 5.41) is 4.07. The van der Waals surface area contributed by atoms with E-state index >= 15 is 0 Å². The van der Waals surface area contributed by atoms with Crippen molar-refractivity contribution in [3.05, 3.63) is 59.8 Å². The van der Waals surface area contributed by atoms with Gasteiger partial charge in [0.15, 0.2) is 0 Å². The van der Waals surface area contributed by atoms with Gasteiger partial charge in [-0.2, -0.15) is 0 Å². The first-order chi connectivity index (χ1) is 15.1. The highest BCUT2D eigenvalue weighted by Gasteiger charge is 2.29. The maximum Gasteiger partial charge on any atom is 0.316 e. The van der Waals surface area contributed by atoms with E-state index < -0.39 is 0 Å². The molecule has 2 aromatic heterocycles. The Morgan fingerprint density at radius 1 is 1.16 bits per heavy atom. The van der Waals surface area contributed by atoms with Crippen molar-refractivity contribution in [3.8, 4) is 6.01 Å². The molecular formula is C24H27FN4O2. The monoisotopic (exact) mass is 422 g/mol. The zero-order valence-corrected chi connectivity index (χ0v) is 17.8. The Morgan fingerprint density at radius 2 is 1.90 bits per heavy atom. The standard InChI is InChI=1S/C24H27FN4O2/c1-3-21(29-23(30)17-13-27-24(31-2)28-14-17)16-9-7-15(8-10-16)18-11-12-26-22-19(18)5-4-6-20(22)25/h4-6,11-16,21H,3,7-10H2,1-2H3,(H,29,30)/t15-,16+,21-/m1/s1. The van der Waals surface area contributed by atoms with Crippen molar-refractivity contribution in [2.75, 3.05) is 7.11 Å². The minimum absolute atomic E-state index is 0.0992. The zero-order valence-electron chi connectivity index (χ0n) is 17.8. The molecule has 1 amide bonds. The van der Waals surface area contributed by atoms with Crippen molar-refractivity contribution >= 4 is 16.8 Å². The smallest absolute Gasteiger partial charge is 0.316 e. The molecule has 0 aliphatic heterocycles. The highest BCUT2D eigenvalue weighted by Crippen LogP contribution is 2.40. The number of nitrogens with zero attached hydrogens (tertiary/aromatic N) is 3. The van der Waals surface area contributed by atoms with Crippen LogP contribution >= 0.6 is 0 Å². The lowest BCUT2D eigenvalue weighted by molar-refractivity contribution is 0.0908. The lowest BCUT2D eigenvalue weighted by Gasteiger charge is -2.34. The fourth-order valence-corrected chi connectivity index (χ4v) is 4.69. The molecule has 31 heavy (non-hydrogen) atoms. The van der Waals surface area contributed by atoms with Crippen molar-refractivity contribution < 1.29 is 13.9 Å². The molecule has 1 aliphatic carbocycles. The van der Waals surface area contributed by atoms with Crippen molar-refractivity contribution in [3.63, 3.8) is 0 Å². The summed E-state index contributed by atoms with van der Waals surface area (Å²) in [7, 11) is 1.49. The molecule has 1 fully saturated rings. The van der Waals surface area contributed by atoms with Crippen LogP contribution in [0, 0.1) is 11.7 Å². The third-order valence-electron chi connectivity index (χ3n) is 6.37. The Bertz CT molecular complexity index is 1050. The van der Waals surface area contributed by atoms with Gasteiger partial charge in [-0.1, -0.05) is 19.1 Å². The quantitative estimate of drug-likeness (QED) is 0.625. The van der Waals surface area contributed by atoms with Crippen LogP contribution in [0.1, 0.15) is 60.9 Å². The first kappa shape index (κ1) is 21.2. The van der Waals surface area contributed by atoms with Crippen LogP contribution in [0.3, 0.4) is 0 Å². The van der Waals surface area contributed by atoms with Crippen molar-refractivity contribution in [1.82, 2.24) is 20.3 Å². The number of hydrogen-bond acceptors (Lipinski definition) is 5. The fourth-order valence-electron chi connectivity index (χ4n) is 4.69. The Morgan fingerprint density at radius 3 is 2.58 bits per heavy atom. The number of halogens is 1. The summed E-state index contributed by atoms with van der Waals surface area (Å²) in [6.07, 6.45) is 9.59. The first-order valence-corrected chi connectivity index (χ1v) is 10.8. The molecule has 0 unspecified atom stereocenters. The molecule has 1 aromatic carbocycles. The second-order valence-corrected chi connectivity index (χ2v) is 8.09.